The van der Waals surface area contributed by atoms with Gasteiger partial charge in [0.25, 0.3) is 4.84 Å². The number of rotatable bonds is 4. The second kappa shape index (κ2) is 7.80. The summed E-state index contributed by atoms with van der Waals surface area (Å²) in [4.78, 5) is 9.17. The van der Waals surface area contributed by atoms with Gasteiger partial charge in [0.05, 0.1) is 12.2 Å². The van der Waals surface area contributed by atoms with Crippen LogP contribution in [0.25, 0.3) is 11.5 Å². The Morgan fingerprint density at radius 3 is 2.74 bits per heavy atom. The molecule has 1 aromatic carbocycles. The molecule has 0 bridgehead atoms. The first-order valence-electron chi connectivity index (χ1n) is 8.82. The highest BCUT2D eigenvalue weighted by Crippen LogP contribution is 2.25. The fourth-order valence-electron chi connectivity index (χ4n) is 3.24. The van der Waals surface area contributed by atoms with Crippen LogP contribution in [0.5, 0.6) is 0 Å². The number of anilines is 1. The molecular formula is C19H20ClN5OS. The van der Waals surface area contributed by atoms with E-state index in [2.05, 4.69) is 32.9 Å². The molecule has 1 saturated heterocycles. The van der Waals surface area contributed by atoms with Crippen molar-refractivity contribution in [2.24, 2.45) is 0 Å². The Kier molecular flexibility index (Phi) is 5.24. The van der Waals surface area contributed by atoms with Crippen molar-refractivity contribution in [1.82, 2.24) is 19.7 Å². The number of piperazine rings is 1. The van der Waals surface area contributed by atoms with Crippen LogP contribution in [0.3, 0.4) is 0 Å². The lowest BCUT2D eigenvalue weighted by Crippen LogP contribution is -2.47. The third-order valence-electron chi connectivity index (χ3n) is 4.73. The SMILES string of the molecule is Cc1ccc(Cl)cc1N1CCN(Cn2nc(-c3cccnc3)oc2=S)CC1. The molecule has 6 nitrogen and oxygen atoms in total. The summed E-state index contributed by atoms with van der Waals surface area (Å²) >= 11 is 11.5. The Balaban J connectivity index is 1.42. The van der Waals surface area contributed by atoms with E-state index in [1.54, 1.807) is 17.1 Å². The van der Waals surface area contributed by atoms with Gasteiger partial charge in [0.2, 0.25) is 5.89 Å². The average Bonchev–Trinajstić information content (AvgIpc) is 3.06. The van der Waals surface area contributed by atoms with E-state index in [9.17, 15) is 0 Å². The minimum atomic E-state index is 0.377. The van der Waals surface area contributed by atoms with Gasteiger partial charge in [0.15, 0.2) is 0 Å². The van der Waals surface area contributed by atoms with Crippen LogP contribution >= 0.6 is 23.8 Å². The maximum atomic E-state index is 6.17. The van der Waals surface area contributed by atoms with E-state index in [0.717, 1.165) is 36.8 Å². The zero-order chi connectivity index (χ0) is 18.8. The van der Waals surface area contributed by atoms with Crippen molar-refractivity contribution in [3.63, 3.8) is 0 Å². The number of nitrogens with zero attached hydrogens (tertiary/aromatic N) is 5. The van der Waals surface area contributed by atoms with Crippen molar-refractivity contribution in [1.29, 1.82) is 0 Å². The molecule has 1 aliphatic rings. The summed E-state index contributed by atoms with van der Waals surface area (Å²) in [5.74, 6) is 0.501. The minimum Gasteiger partial charge on any atom is -0.409 e. The van der Waals surface area contributed by atoms with Crippen molar-refractivity contribution in [2.75, 3.05) is 31.1 Å². The summed E-state index contributed by atoms with van der Waals surface area (Å²) in [6, 6.07) is 9.80. The van der Waals surface area contributed by atoms with Crippen LogP contribution in [0.4, 0.5) is 5.69 Å². The molecule has 1 fully saturated rings. The van der Waals surface area contributed by atoms with Gasteiger partial charge in [-0.3, -0.25) is 9.88 Å². The third-order valence-corrected chi connectivity index (χ3v) is 5.26. The van der Waals surface area contributed by atoms with Crippen LogP contribution in [0, 0.1) is 11.8 Å². The molecule has 0 atom stereocenters. The van der Waals surface area contributed by atoms with E-state index in [0.29, 0.717) is 17.4 Å². The van der Waals surface area contributed by atoms with Crippen molar-refractivity contribution < 1.29 is 4.42 Å². The Labute approximate surface area is 168 Å². The van der Waals surface area contributed by atoms with Crippen LogP contribution in [0.1, 0.15) is 5.56 Å². The Morgan fingerprint density at radius 1 is 1.19 bits per heavy atom. The highest BCUT2D eigenvalue weighted by Gasteiger charge is 2.20. The van der Waals surface area contributed by atoms with Gasteiger partial charge in [0.1, 0.15) is 0 Å². The van der Waals surface area contributed by atoms with Crippen molar-refractivity contribution in [3.05, 3.63) is 58.1 Å². The monoisotopic (exact) mass is 401 g/mol. The van der Waals surface area contributed by atoms with Gasteiger partial charge in [-0.2, -0.15) is 0 Å². The molecule has 140 valence electrons. The summed E-state index contributed by atoms with van der Waals surface area (Å²) in [5, 5.41) is 5.28. The minimum absolute atomic E-state index is 0.377. The first-order valence-corrected chi connectivity index (χ1v) is 9.60. The van der Waals surface area contributed by atoms with Crippen LogP contribution < -0.4 is 4.90 Å². The first kappa shape index (κ1) is 18.2. The van der Waals surface area contributed by atoms with E-state index >= 15 is 0 Å². The lowest BCUT2D eigenvalue weighted by atomic mass is 10.1. The van der Waals surface area contributed by atoms with E-state index < -0.39 is 0 Å². The number of hydrogen-bond acceptors (Lipinski definition) is 6. The van der Waals surface area contributed by atoms with Gasteiger partial charge in [-0.15, -0.1) is 5.10 Å². The highest BCUT2D eigenvalue weighted by molar-refractivity contribution is 7.71. The molecule has 0 amide bonds. The molecule has 0 radical (unpaired) electrons. The smallest absolute Gasteiger partial charge is 0.288 e. The summed E-state index contributed by atoms with van der Waals surface area (Å²) in [5.41, 5.74) is 3.27. The number of pyridine rings is 1. The standard InChI is InChI=1S/C19H20ClN5OS/c1-14-4-5-16(20)11-17(14)24-9-7-23(8-10-24)13-25-19(27)26-18(22-25)15-3-2-6-21-12-15/h2-6,11-12H,7-10,13H2,1H3. The quantitative estimate of drug-likeness (QED) is 0.616. The predicted molar refractivity (Wildman–Crippen MR) is 109 cm³/mol. The summed E-state index contributed by atoms with van der Waals surface area (Å²) < 4.78 is 7.37. The van der Waals surface area contributed by atoms with Crippen LogP contribution in [0.15, 0.2) is 47.1 Å². The van der Waals surface area contributed by atoms with Crippen LogP contribution in [-0.2, 0) is 6.67 Å². The number of benzene rings is 1. The predicted octanol–water partition coefficient (Wildman–Crippen LogP) is 4.01. The molecule has 0 N–H and O–H groups in total. The van der Waals surface area contributed by atoms with Gasteiger partial charge < -0.3 is 9.32 Å². The van der Waals surface area contributed by atoms with Gasteiger partial charge in [-0.1, -0.05) is 17.7 Å². The zero-order valence-electron chi connectivity index (χ0n) is 15.0. The maximum Gasteiger partial charge on any atom is 0.288 e. The van der Waals surface area contributed by atoms with Gasteiger partial charge in [-0.05, 0) is 49.0 Å². The molecule has 27 heavy (non-hydrogen) atoms. The molecule has 8 heteroatoms. The first-order chi connectivity index (χ1) is 13.1. The normalized spacial score (nSPS) is 15.3. The number of aryl methyl sites for hydroxylation is 1. The lowest BCUT2D eigenvalue weighted by Gasteiger charge is -2.36. The highest BCUT2D eigenvalue weighted by atomic mass is 35.5. The third kappa shape index (κ3) is 4.05. The molecule has 0 spiro atoms. The molecule has 0 aliphatic carbocycles. The van der Waals surface area contributed by atoms with Gasteiger partial charge >= 0.3 is 0 Å². The Hall–Kier alpha value is -2.22. The van der Waals surface area contributed by atoms with Gasteiger partial charge in [-0.25, -0.2) is 4.68 Å². The molecule has 4 rings (SSSR count). The summed E-state index contributed by atoms with van der Waals surface area (Å²) in [6.45, 7) is 6.44. The maximum absolute atomic E-state index is 6.17. The fraction of sp³-hybridized carbons (Fsp3) is 0.316. The topological polar surface area (TPSA) is 50.3 Å². The van der Waals surface area contributed by atoms with E-state index in [-0.39, 0.29) is 0 Å². The van der Waals surface area contributed by atoms with Crippen molar-refractivity contribution >= 4 is 29.5 Å². The van der Waals surface area contributed by atoms with Crippen LogP contribution in [-0.4, -0.2) is 45.8 Å². The van der Waals surface area contributed by atoms with E-state index in [1.165, 1.54) is 11.3 Å². The van der Waals surface area contributed by atoms with Crippen molar-refractivity contribution in [3.8, 4) is 11.5 Å². The fourth-order valence-corrected chi connectivity index (χ4v) is 3.59. The van der Waals surface area contributed by atoms with Gasteiger partial charge in [0, 0.05) is 49.3 Å². The number of halogens is 1. The Bertz CT molecular complexity index is 979. The largest absolute Gasteiger partial charge is 0.409 e. The second-order valence-electron chi connectivity index (χ2n) is 6.59. The molecule has 0 saturated carbocycles. The molecule has 1 aliphatic heterocycles. The van der Waals surface area contributed by atoms with E-state index in [1.807, 2.05) is 24.3 Å². The second-order valence-corrected chi connectivity index (χ2v) is 7.38. The summed E-state index contributed by atoms with van der Waals surface area (Å²) in [7, 11) is 0. The molecule has 3 aromatic rings. The Morgan fingerprint density at radius 2 is 2.00 bits per heavy atom. The summed E-state index contributed by atoms with van der Waals surface area (Å²) in [6.07, 6.45) is 3.44. The number of aromatic nitrogens is 3. The average molecular weight is 402 g/mol. The number of hydrogen-bond donors (Lipinski definition) is 0. The molecule has 2 aromatic heterocycles. The molecular weight excluding hydrogens is 382 g/mol. The molecule has 3 heterocycles. The lowest BCUT2D eigenvalue weighted by molar-refractivity contribution is 0.192. The zero-order valence-corrected chi connectivity index (χ0v) is 16.6. The van der Waals surface area contributed by atoms with E-state index in [4.69, 9.17) is 28.2 Å². The van der Waals surface area contributed by atoms with Crippen molar-refractivity contribution in [2.45, 2.75) is 13.6 Å². The van der Waals surface area contributed by atoms with Crippen LogP contribution in [0.2, 0.25) is 5.02 Å². The molecule has 0 unspecified atom stereocenters.